The van der Waals surface area contributed by atoms with Crippen LogP contribution in [0.2, 0.25) is 5.15 Å². The average Bonchev–Trinajstić information content (AvgIpc) is 2.74. The number of ether oxygens (including phenoxy) is 1. The molecule has 0 saturated carbocycles. The van der Waals surface area contributed by atoms with Crippen LogP contribution in [-0.2, 0) is 4.74 Å². The van der Waals surface area contributed by atoms with Gasteiger partial charge in [-0.3, -0.25) is 4.90 Å². The first-order valence-electron chi connectivity index (χ1n) is 6.61. The van der Waals surface area contributed by atoms with E-state index in [4.69, 9.17) is 11.6 Å². The van der Waals surface area contributed by atoms with Gasteiger partial charge in [0, 0.05) is 25.2 Å². The Morgan fingerprint density at radius 2 is 2.00 bits per heavy atom. The molecule has 1 heterocycles. The number of rotatable bonds is 7. The van der Waals surface area contributed by atoms with Crippen LogP contribution in [0.15, 0.2) is 0 Å². The van der Waals surface area contributed by atoms with Crippen molar-refractivity contribution in [3.05, 3.63) is 10.0 Å². The monoisotopic (exact) mass is 319 g/mol. The molecule has 1 aromatic heterocycles. The number of hydrogen-bond acceptors (Lipinski definition) is 6. The Kier molecular flexibility index (Phi) is 6.71. The van der Waals surface area contributed by atoms with Gasteiger partial charge in [0.05, 0.1) is 7.11 Å². The van der Waals surface area contributed by atoms with E-state index in [0.29, 0.717) is 22.1 Å². The van der Waals surface area contributed by atoms with Crippen molar-refractivity contribution >= 4 is 34.0 Å². The topological polar surface area (TPSA) is 54.5 Å². The lowest BCUT2D eigenvalue weighted by Crippen LogP contribution is -2.40. The Balaban J connectivity index is 2.56. The normalized spacial score (nSPS) is 11.4. The lowest BCUT2D eigenvalue weighted by molar-refractivity contribution is 0.0606. The quantitative estimate of drug-likeness (QED) is 0.783. The first-order valence-corrected chi connectivity index (χ1v) is 7.80. The van der Waals surface area contributed by atoms with Crippen molar-refractivity contribution in [1.29, 1.82) is 0 Å². The summed E-state index contributed by atoms with van der Waals surface area (Å²) < 4.78 is 4.65. The Morgan fingerprint density at radius 1 is 1.40 bits per heavy atom. The number of esters is 1. The zero-order chi connectivity index (χ0) is 15.3. The minimum absolute atomic E-state index is 0.189. The fourth-order valence-corrected chi connectivity index (χ4v) is 3.13. The van der Waals surface area contributed by atoms with Crippen LogP contribution in [-0.4, -0.2) is 48.1 Å². The Morgan fingerprint density at radius 3 is 2.50 bits per heavy atom. The number of carbonyl (C=O) groups is 1. The molecule has 0 amide bonds. The highest BCUT2D eigenvalue weighted by molar-refractivity contribution is 7.18. The first kappa shape index (κ1) is 17.2. The van der Waals surface area contributed by atoms with Gasteiger partial charge in [-0.05, 0) is 27.7 Å². The number of nitrogens with one attached hydrogen (secondary N) is 1. The number of hydrogen-bond donors (Lipinski definition) is 1. The minimum atomic E-state index is -0.452. The maximum Gasteiger partial charge on any atom is 0.351 e. The molecule has 20 heavy (non-hydrogen) atoms. The number of thiazole rings is 1. The first-order chi connectivity index (χ1) is 9.36. The molecular formula is C13H22ClN3O2S. The van der Waals surface area contributed by atoms with E-state index in [9.17, 15) is 4.79 Å². The molecule has 0 aromatic carbocycles. The van der Waals surface area contributed by atoms with Crippen molar-refractivity contribution in [2.75, 3.05) is 25.5 Å². The van der Waals surface area contributed by atoms with E-state index in [-0.39, 0.29) is 5.15 Å². The van der Waals surface area contributed by atoms with E-state index < -0.39 is 5.97 Å². The molecule has 1 N–H and O–H groups in total. The SMILES string of the molecule is COC(=O)c1sc(NCCN(C(C)C)C(C)C)nc1Cl. The summed E-state index contributed by atoms with van der Waals surface area (Å²) in [6, 6.07) is 0.977. The second-order valence-corrected chi connectivity index (χ2v) is 6.34. The van der Waals surface area contributed by atoms with E-state index in [2.05, 4.69) is 47.6 Å². The number of aromatic nitrogens is 1. The van der Waals surface area contributed by atoms with Gasteiger partial charge >= 0.3 is 5.97 Å². The molecule has 114 valence electrons. The van der Waals surface area contributed by atoms with Crippen LogP contribution in [0, 0.1) is 0 Å². The average molecular weight is 320 g/mol. The lowest BCUT2D eigenvalue weighted by atomic mass is 10.2. The summed E-state index contributed by atoms with van der Waals surface area (Å²) in [6.45, 7) is 10.4. The second kappa shape index (κ2) is 7.81. The van der Waals surface area contributed by atoms with E-state index in [1.54, 1.807) is 0 Å². The van der Waals surface area contributed by atoms with Gasteiger partial charge in [-0.2, -0.15) is 0 Å². The van der Waals surface area contributed by atoms with Crippen molar-refractivity contribution in [2.45, 2.75) is 39.8 Å². The van der Waals surface area contributed by atoms with Crippen LogP contribution in [0.3, 0.4) is 0 Å². The Bertz CT molecular complexity index is 441. The van der Waals surface area contributed by atoms with Gasteiger partial charge in [0.15, 0.2) is 15.2 Å². The van der Waals surface area contributed by atoms with Crippen LogP contribution in [0.5, 0.6) is 0 Å². The highest BCUT2D eigenvalue weighted by atomic mass is 35.5. The lowest BCUT2D eigenvalue weighted by Gasteiger charge is -2.30. The number of methoxy groups -OCH3 is 1. The van der Waals surface area contributed by atoms with Crippen molar-refractivity contribution in [3.8, 4) is 0 Å². The van der Waals surface area contributed by atoms with Crippen molar-refractivity contribution < 1.29 is 9.53 Å². The summed E-state index contributed by atoms with van der Waals surface area (Å²) in [5.74, 6) is -0.452. The van der Waals surface area contributed by atoms with Gasteiger partial charge in [0.2, 0.25) is 0 Å². The van der Waals surface area contributed by atoms with Gasteiger partial charge in [-0.1, -0.05) is 22.9 Å². The van der Waals surface area contributed by atoms with Gasteiger partial charge < -0.3 is 10.1 Å². The summed E-state index contributed by atoms with van der Waals surface area (Å²) in [4.78, 5) is 18.3. The van der Waals surface area contributed by atoms with Crippen molar-refractivity contribution in [1.82, 2.24) is 9.88 Å². The van der Waals surface area contributed by atoms with Gasteiger partial charge in [-0.15, -0.1) is 0 Å². The number of halogens is 1. The third-order valence-corrected chi connectivity index (χ3v) is 4.31. The summed E-state index contributed by atoms with van der Waals surface area (Å²) >= 11 is 7.12. The largest absolute Gasteiger partial charge is 0.465 e. The van der Waals surface area contributed by atoms with E-state index in [0.717, 1.165) is 13.1 Å². The van der Waals surface area contributed by atoms with E-state index in [1.807, 2.05) is 0 Å². The smallest absolute Gasteiger partial charge is 0.351 e. The molecule has 0 aliphatic rings. The highest BCUT2D eigenvalue weighted by Gasteiger charge is 2.17. The highest BCUT2D eigenvalue weighted by Crippen LogP contribution is 2.27. The van der Waals surface area contributed by atoms with E-state index >= 15 is 0 Å². The molecule has 0 aliphatic heterocycles. The zero-order valence-electron chi connectivity index (χ0n) is 12.6. The minimum Gasteiger partial charge on any atom is -0.465 e. The maximum absolute atomic E-state index is 11.4. The fourth-order valence-electron chi connectivity index (χ4n) is 2.00. The number of anilines is 1. The molecule has 1 aromatic rings. The molecule has 7 heteroatoms. The molecule has 0 spiro atoms. The van der Waals surface area contributed by atoms with Crippen LogP contribution < -0.4 is 5.32 Å². The zero-order valence-corrected chi connectivity index (χ0v) is 14.1. The molecule has 1 rings (SSSR count). The summed E-state index contributed by atoms with van der Waals surface area (Å²) in [5.41, 5.74) is 0. The fraction of sp³-hybridized carbons (Fsp3) is 0.692. The summed E-state index contributed by atoms with van der Waals surface area (Å²) in [6.07, 6.45) is 0. The molecule has 0 bridgehead atoms. The maximum atomic E-state index is 11.4. The molecule has 0 fully saturated rings. The van der Waals surface area contributed by atoms with Crippen LogP contribution in [0.1, 0.15) is 37.4 Å². The predicted octanol–water partition coefficient (Wildman–Crippen LogP) is 3.11. The standard InChI is InChI=1S/C13H22ClN3O2S/c1-8(2)17(9(3)4)7-6-15-13-16-11(14)10(20-13)12(18)19-5/h8-9H,6-7H2,1-5H3,(H,15,16). The molecule has 0 unspecified atom stereocenters. The Labute approximate surface area is 129 Å². The Hall–Kier alpha value is -0.850. The van der Waals surface area contributed by atoms with Gasteiger partial charge in [-0.25, -0.2) is 9.78 Å². The number of nitrogens with zero attached hydrogens (tertiary/aromatic N) is 2. The molecule has 0 radical (unpaired) electrons. The molecule has 5 nitrogen and oxygen atoms in total. The molecular weight excluding hydrogens is 298 g/mol. The second-order valence-electron chi connectivity index (χ2n) is 4.98. The van der Waals surface area contributed by atoms with Crippen LogP contribution in [0.25, 0.3) is 0 Å². The predicted molar refractivity (Wildman–Crippen MR) is 83.9 cm³/mol. The van der Waals surface area contributed by atoms with Gasteiger partial charge in [0.25, 0.3) is 0 Å². The summed E-state index contributed by atoms with van der Waals surface area (Å²) in [5, 5.41) is 4.03. The van der Waals surface area contributed by atoms with Crippen LogP contribution >= 0.6 is 22.9 Å². The van der Waals surface area contributed by atoms with Gasteiger partial charge in [0.1, 0.15) is 0 Å². The summed E-state index contributed by atoms with van der Waals surface area (Å²) in [7, 11) is 1.33. The van der Waals surface area contributed by atoms with Crippen LogP contribution in [0.4, 0.5) is 5.13 Å². The van der Waals surface area contributed by atoms with E-state index in [1.165, 1.54) is 18.4 Å². The molecule has 0 aliphatic carbocycles. The molecule has 0 atom stereocenters. The van der Waals surface area contributed by atoms with Crippen molar-refractivity contribution in [2.24, 2.45) is 0 Å². The third-order valence-electron chi connectivity index (χ3n) is 2.93. The number of carbonyl (C=O) groups excluding carboxylic acids is 1. The van der Waals surface area contributed by atoms with Crippen molar-refractivity contribution in [3.63, 3.8) is 0 Å². The third kappa shape index (κ3) is 4.61. The molecule has 0 saturated heterocycles.